The number of hydrogen-bond acceptors (Lipinski definition) is 3. The summed E-state index contributed by atoms with van der Waals surface area (Å²) in [6, 6.07) is 16.4. The lowest BCUT2D eigenvalue weighted by molar-refractivity contribution is 0.123. The predicted molar refractivity (Wildman–Crippen MR) is 94.6 cm³/mol. The maximum atomic E-state index is 5.48. The van der Waals surface area contributed by atoms with E-state index in [-0.39, 0.29) is 0 Å². The van der Waals surface area contributed by atoms with Gasteiger partial charge in [-0.1, -0.05) is 42.5 Å². The molecule has 23 heavy (non-hydrogen) atoms. The van der Waals surface area contributed by atoms with Crippen LogP contribution in [-0.2, 0) is 26.1 Å². The molecule has 1 aliphatic carbocycles. The van der Waals surface area contributed by atoms with Crippen molar-refractivity contribution >= 4 is 8.80 Å². The minimum absolute atomic E-state index is 0.841. The van der Waals surface area contributed by atoms with E-state index in [1.807, 2.05) is 0 Å². The van der Waals surface area contributed by atoms with Crippen molar-refractivity contribution in [3.63, 3.8) is 0 Å². The second-order valence-corrected chi connectivity index (χ2v) is 9.07. The molecule has 0 unspecified atom stereocenters. The van der Waals surface area contributed by atoms with Crippen LogP contribution in [0.1, 0.15) is 23.1 Å². The van der Waals surface area contributed by atoms with Crippen molar-refractivity contribution in [3.05, 3.63) is 59.2 Å². The highest BCUT2D eigenvalue weighted by atomic mass is 28.4. The Morgan fingerprint density at radius 1 is 0.870 bits per heavy atom. The minimum Gasteiger partial charge on any atom is -0.377 e. The van der Waals surface area contributed by atoms with Gasteiger partial charge < -0.3 is 13.3 Å². The van der Waals surface area contributed by atoms with Gasteiger partial charge in [-0.25, -0.2) is 0 Å². The molecule has 0 heterocycles. The Hall–Kier alpha value is -1.46. The maximum Gasteiger partial charge on any atom is 0.500 e. The average Bonchev–Trinajstić information content (AvgIpc) is 2.97. The summed E-state index contributed by atoms with van der Waals surface area (Å²) < 4.78 is 16.5. The minimum atomic E-state index is -2.44. The van der Waals surface area contributed by atoms with Gasteiger partial charge in [-0.05, 0) is 47.1 Å². The Morgan fingerprint density at radius 2 is 1.57 bits per heavy atom. The molecule has 3 rings (SSSR count). The lowest BCUT2D eigenvalue weighted by atomic mass is 10.0. The molecular formula is C19H24O3Si. The molecule has 0 spiro atoms. The van der Waals surface area contributed by atoms with Crippen LogP contribution in [-0.4, -0.2) is 30.1 Å². The zero-order valence-corrected chi connectivity index (χ0v) is 15.1. The van der Waals surface area contributed by atoms with Gasteiger partial charge in [0, 0.05) is 27.4 Å². The molecule has 0 saturated heterocycles. The van der Waals surface area contributed by atoms with Gasteiger partial charge >= 0.3 is 8.80 Å². The average molecular weight is 328 g/mol. The fourth-order valence-electron chi connectivity index (χ4n) is 3.42. The first kappa shape index (κ1) is 16.4. The molecule has 0 amide bonds. The third kappa shape index (κ3) is 3.26. The molecular weight excluding hydrogens is 304 g/mol. The van der Waals surface area contributed by atoms with Crippen LogP contribution in [0.2, 0.25) is 6.04 Å². The Kier molecular flexibility index (Phi) is 4.97. The number of benzene rings is 2. The molecule has 0 radical (unpaired) electrons. The summed E-state index contributed by atoms with van der Waals surface area (Å²) >= 11 is 0. The van der Waals surface area contributed by atoms with Crippen LogP contribution in [0.25, 0.3) is 11.1 Å². The van der Waals surface area contributed by atoms with Gasteiger partial charge in [-0.2, -0.15) is 0 Å². The first-order valence-electron chi connectivity index (χ1n) is 8.07. The van der Waals surface area contributed by atoms with Gasteiger partial charge in [0.15, 0.2) is 0 Å². The van der Waals surface area contributed by atoms with E-state index in [0.29, 0.717) is 0 Å². The van der Waals surface area contributed by atoms with E-state index >= 15 is 0 Å². The van der Waals surface area contributed by atoms with E-state index in [1.165, 1.54) is 27.8 Å². The van der Waals surface area contributed by atoms with E-state index in [2.05, 4.69) is 42.5 Å². The maximum absolute atomic E-state index is 5.48. The lowest BCUT2D eigenvalue weighted by Crippen LogP contribution is -2.42. The summed E-state index contributed by atoms with van der Waals surface area (Å²) in [7, 11) is 2.57. The smallest absolute Gasteiger partial charge is 0.377 e. The number of rotatable bonds is 7. The summed E-state index contributed by atoms with van der Waals surface area (Å²) in [4.78, 5) is 0. The third-order valence-corrected chi connectivity index (χ3v) is 7.57. The molecule has 0 fully saturated rings. The first-order valence-corrected chi connectivity index (χ1v) is 10.00. The summed E-state index contributed by atoms with van der Waals surface area (Å²) in [5, 5.41) is 0. The summed E-state index contributed by atoms with van der Waals surface area (Å²) in [5.74, 6) is 0. The topological polar surface area (TPSA) is 27.7 Å². The zero-order valence-electron chi connectivity index (χ0n) is 14.1. The first-order chi connectivity index (χ1) is 11.2. The van der Waals surface area contributed by atoms with Crippen LogP contribution >= 0.6 is 0 Å². The molecule has 3 nitrogen and oxygen atoms in total. The molecule has 2 aromatic carbocycles. The quantitative estimate of drug-likeness (QED) is 0.612. The normalized spacial score (nSPS) is 13.0. The Labute approximate surface area is 139 Å². The van der Waals surface area contributed by atoms with E-state index in [0.717, 1.165) is 25.3 Å². The molecule has 2 aromatic rings. The molecule has 4 heteroatoms. The molecule has 0 N–H and O–H groups in total. The van der Waals surface area contributed by atoms with Crippen molar-refractivity contribution in [1.29, 1.82) is 0 Å². The highest BCUT2D eigenvalue weighted by Gasteiger charge is 2.36. The van der Waals surface area contributed by atoms with Crippen molar-refractivity contribution in [1.82, 2.24) is 0 Å². The van der Waals surface area contributed by atoms with Crippen molar-refractivity contribution in [2.75, 3.05) is 21.3 Å². The second kappa shape index (κ2) is 6.97. The van der Waals surface area contributed by atoms with Crippen LogP contribution < -0.4 is 0 Å². The largest absolute Gasteiger partial charge is 0.500 e. The molecule has 0 atom stereocenters. The van der Waals surface area contributed by atoms with Crippen LogP contribution in [0.5, 0.6) is 0 Å². The number of fused-ring (bicyclic) bond motifs is 3. The monoisotopic (exact) mass is 328 g/mol. The highest BCUT2D eigenvalue weighted by Crippen LogP contribution is 2.36. The van der Waals surface area contributed by atoms with E-state index < -0.39 is 8.80 Å². The Balaban J connectivity index is 1.67. The fourth-order valence-corrected chi connectivity index (χ4v) is 5.14. The van der Waals surface area contributed by atoms with E-state index in [4.69, 9.17) is 13.3 Å². The van der Waals surface area contributed by atoms with Gasteiger partial charge in [0.25, 0.3) is 0 Å². The van der Waals surface area contributed by atoms with Gasteiger partial charge in [0.2, 0.25) is 0 Å². The molecule has 1 aliphatic rings. The highest BCUT2D eigenvalue weighted by molar-refractivity contribution is 6.60. The zero-order chi connectivity index (χ0) is 16.3. The van der Waals surface area contributed by atoms with Crippen molar-refractivity contribution in [2.24, 2.45) is 0 Å². The summed E-state index contributed by atoms with van der Waals surface area (Å²) in [6.45, 7) is 0. The van der Waals surface area contributed by atoms with Crippen LogP contribution in [0.4, 0.5) is 0 Å². The summed E-state index contributed by atoms with van der Waals surface area (Å²) in [6.07, 6.45) is 3.08. The molecule has 122 valence electrons. The molecule has 0 saturated carbocycles. The standard InChI is InChI=1S/C19H24O3Si/c1-20-23(21-2,22-3)12-6-7-15-10-11-19-17(13-15)14-16-8-4-5-9-18(16)19/h4-5,8-11,13H,6-7,12,14H2,1-3H3. The third-order valence-electron chi connectivity index (χ3n) is 4.74. The van der Waals surface area contributed by atoms with Crippen molar-refractivity contribution in [2.45, 2.75) is 25.3 Å². The molecule has 0 bridgehead atoms. The number of aryl methyl sites for hydroxylation is 1. The SMILES string of the molecule is CO[Si](CCCc1ccc2c(c1)Cc1ccccc1-2)(OC)OC. The van der Waals surface area contributed by atoms with Crippen LogP contribution in [0, 0.1) is 0 Å². The van der Waals surface area contributed by atoms with Gasteiger partial charge in [-0.15, -0.1) is 0 Å². The van der Waals surface area contributed by atoms with Gasteiger partial charge in [-0.3, -0.25) is 0 Å². The second-order valence-electron chi connectivity index (χ2n) is 5.97. The lowest BCUT2D eigenvalue weighted by Gasteiger charge is -2.24. The number of hydrogen-bond donors (Lipinski definition) is 0. The Bertz CT molecular complexity index is 672. The van der Waals surface area contributed by atoms with Gasteiger partial charge in [0.05, 0.1) is 0 Å². The van der Waals surface area contributed by atoms with E-state index in [9.17, 15) is 0 Å². The Morgan fingerprint density at radius 3 is 2.30 bits per heavy atom. The van der Waals surface area contributed by atoms with Crippen LogP contribution in [0.3, 0.4) is 0 Å². The molecule has 0 aliphatic heterocycles. The van der Waals surface area contributed by atoms with Gasteiger partial charge in [0.1, 0.15) is 0 Å². The van der Waals surface area contributed by atoms with E-state index in [1.54, 1.807) is 21.3 Å². The predicted octanol–water partition coefficient (Wildman–Crippen LogP) is 4.07. The summed E-state index contributed by atoms with van der Waals surface area (Å²) in [5.41, 5.74) is 7.03. The molecule has 0 aromatic heterocycles. The van der Waals surface area contributed by atoms with Crippen LogP contribution in [0.15, 0.2) is 42.5 Å². The van der Waals surface area contributed by atoms with Crippen molar-refractivity contribution in [3.8, 4) is 11.1 Å². The fraction of sp³-hybridized carbons (Fsp3) is 0.368. The van der Waals surface area contributed by atoms with Crippen molar-refractivity contribution < 1.29 is 13.3 Å².